The lowest BCUT2D eigenvalue weighted by Gasteiger charge is -2.05. The van der Waals surface area contributed by atoms with Crippen LogP contribution in [0.15, 0.2) is 18.3 Å². The van der Waals surface area contributed by atoms with Crippen molar-refractivity contribution in [3.05, 3.63) is 24.2 Å². The molecule has 0 N–H and O–H groups in total. The zero-order valence-corrected chi connectivity index (χ0v) is 9.84. The molecule has 0 saturated heterocycles. The maximum Gasteiger partial charge on any atom is 0.159 e. The van der Waals surface area contributed by atoms with Crippen molar-refractivity contribution < 1.29 is 4.74 Å². The predicted molar refractivity (Wildman–Crippen MR) is 61.8 cm³/mol. The first-order chi connectivity index (χ1) is 7.69. The van der Waals surface area contributed by atoms with Gasteiger partial charge >= 0.3 is 0 Å². The van der Waals surface area contributed by atoms with Gasteiger partial charge in [-0.1, -0.05) is 0 Å². The molecule has 0 spiro atoms. The fraction of sp³-hybridized carbons (Fsp3) is 0.455. The molecular formula is C11H16N4O. The molecule has 0 aliphatic rings. The number of pyridine rings is 1. The van der Waals surface area contributed by atoms with E-state index in [0.29, 0.717) is 0 Å². The van der Waals surface area contributed by atoms with Gasteiger partial charge in [0.2, 0.25) is 0 Å². The van der Waals surface area contributed by atoms with Crippen LogP contribution in [0.3, 0.4) is 0 Å². The van der Waals surface area contributed by atoms with E-state index < -0.39 is 0 Å². The number of methoxy groups -OCH3 is 1. The van der Waals surface area contributed by atoms with Gasteiger partial charge in [0, 0.05) is 25.2 Å². The molecule has 2 rings (SSSR count). The molecule has 0 fully saturated rings. The van der Waals surface area contributed by atoms with Crippen LogP contribution in [-0.2, 0) is 6.42 Å². The monoisotopic (exact) mass is 220 g/mol. The highest BCUT2D eigenvalue weighted by Gasteiger charge is 2.04. The summed E-state index contributed by atoms with van der Waals surface area (Å²) < 4.78 is 6.91. The molecule has 0 saturated carbocycles. The topological polar surface area (TPSA) is 42.7 Å². The fourth-order valence-corrected chi connectivity index (χ4v) is 1.47. The lowest BCUT2D eigenvalue weighted by atomic mass is 10.4. The van der Waals surface area contributed by atoms with Crippen LogP contribution in [0.1, 0.15) is 5.82 Å². The third-order valence-electron chi connectivity index (χ3n) is 2.37. The van der Waals surface area contributed by atoms with E-state index >= 15 is 0 Å². The molecule has 0 bridgehead atoms. The van der Waals surface area contributed by atoms with Crippen molar-refractivity contribution in [3.8, 4) is 5.75 Å². The molecule has 0 amide bonds. The number of nitrogens with zero attached hydrogens (tertiary/aromatic N) is 4. The van der Waals surface area contributed by atoms with Crippen LogP contribution < -0.4 is 4.74 Å². The number of likely N-dealkylation sites (N-methyl/N-ethyl adjacent to an activating group) is 1. The highest BCUT2D eigenvalue weighted by Crippen LogP contribution is 2.12. The summed E-state index contributed by atoms with van der Waals surface area (Å²) in [5, 5.41) is 4.38. The summed E-state index contributed by atoms with van der Waals surface area (Å²) >= 11 is 0. The van der Waals surface area contributed by atoms with E-state index in [-0.39, 0.29) is 0 Å². The Labute approximate surface area is 94.7 Å². The van der Waals surface area contributed by atoms with Crippen LogP contribution in [0.5, 0.6) is 5.75 Å². The molecule has 0 radical (unpaired) electrons. The second-order valence-electron chi connectivity index (χ2n) is 3.95. The molecule has 0 aliphatic carbocycles. The Morgan fingerprint density at radius 3 is 2.94 bits per heavy atom. The summed E-state index contributed by atoms with van der Waals surface area (Å²) in [5.74, 6) is 1.67. The normalized spacial score (nSPS) is 11.2. The van der Waals surface area contributed by atoms with Gasteiger partial charge in [-0.25, -0.2) is 9.50 Å². The largest absolute Gasteiger partial charge is 0.497 e. The van der Waals surface area contributed by atoms with Gasteiger partial charge in [-0.2, -0.15) is 5.10 Å². The minimum atomic E-state index is 0.805. The zero-order valence-electron chi connectivity index (χ0n) is 9.84. The average Bonchev–Trinajstić information content (AvgIpc) is 2.67. The molecule has 0 aromatic carbocycles. The molecule has 0 atom stereocenters. The Balaban J connectivity index is 2.22. The van der Waals surface area contributed by atoms with Crippen molar-refractivity contribution >= 4 is 5.65 Å². The summed E-state index contributed by atoms with van der Waals surface area (Å²) in [6.45, 7) is 0.952. The minimum absolute atomic E-state index is 0.805. The van der Waals surface area contributed by atoms with E-state index in [4.69, 9.17) is 4.74 Å². The van der Waals surface area contributed by atoms with Crippen molar-refractivity contribution in [3.63, 3.8) is 0 Å². The Kier molecular flexibility index (Phi) is 3.05. The highest BCUT2D eigenvalue weighted by atomic mass is 16.5. The van der Waals surface area contributed by atoms with Gasteiger partial charge in [-0.15, -0.1) is 0 Å². The number of fused-ring (bicyclic) bond motifs is 1. The summed E-state index contributed by atoms with van der Waals surface area (Å²) in [7, 11) is 5.73. The molecule has 5 nitrogen and oxygen atoms in total. The van der Waals surface area contributed by atoms with Crippen molar-refractivity contribution in [2.45, 2.75) is 6.42 Å². The van der Waals surface area contributed by atoms with Gasteiger partial charge < -0.3 is 9.64 Å². The van der Waals surface area contributed by atoms with E-state index in [9.17, 15) is 0 Å². The van der Waals surface area contributed by atoms with E-state index in [2.05, 4.69) is 15.0 Å². The van der Waals surface area contributed by atoms with E-state index in [1.807, 2.05) is 32.4 Å². The second kappa shape index (κ2) is 4.49. The van der Waals surface area contributed by atoms with Crippen LogP contribution in [0.2, 0.25) is 0 Å². The Bertz CT molecular complexity index is 478. The fourth-order valence-electron chi connectivity index (χ4n) is 1.47. The third kappa shape index (κ3) is 2.30. The maximum absolute atomic E-state index is 5.14. The van der Waals surface area contributed by atoms with Crippen molar-refractivity contribution in [1.82, 2.24) is 19.5 Å². The summed E-state index contributed by atoms with van der Waals surface area (Å²) in [4.78, 5) is 6.56. The van der Waals surface area contributed by atoms with E-state index in [1.165, 1.54) is 0 Å². The number of rotatable bonds is 4. The third-order valence-corrected chi connectivity index (χ3v) is 2.37. The Morgan fingerprint density at radius 1 is 1.44 bits per heavy atom. The average molecular weight is 220 g/mol. The quantitative estimate of drug-likeness (QED) is 0.766. The second-order valence-corrected chi connectivity index (χ2v) is 3.95. The summed E-state index contributed by atoms with van der Waals surface area (Å²) in [6.07, 6.45) is 2.72. The first-order valence-electron chi connectivity index (χ1n) is 5.23. The van der Waals surface area contributed by atoms with Gasteiger partial charge in [0.05, 0.1) is 7.11 Å². The lowest BCUT2D eigenvalue weighted by Crippen LogP contribution is -2.15. The molecular weight excluding hydrogens is 204 g/mol. The maximum atomic E-state index is 5.14. The molecule has 2 heterocycles. The predicted octanol–water partition coefficient (Wildman–Crippen LogP) is 0.842. The summed E-state index contributed by atoms with van der Waals surface area (Å²) in [6, 6.07) is 3.75. The van der Waals surface area contributed by atoms with E-state index in [0.717, 1.165) is 30.2 Å². The molecule has 16 heavy (non-hydrogen) atoms. The van der Waals surface area contributed by atoms with Crippen LogP contribution in [0.25, 0.3) is 5.65 Å². The SMILES string of the molecule is COc1ccn2nc(CCN(C)C)nc2c1. The number of hydrogen-bond donors (Lipinski definition) is 0. The number of hydrogen-bond acceptors (Lipinski definition) is 4. The molecule has 5 heteroatoms. The van der Waals surface area contributed by atoms with Crippen LogP contribution in [-0.4, -0.2) is 47.2 Å². The molecule has 86 valence electrons. The molecule has 2 aromatic heterocycles. The Hall–Kier alpha value is -1.62. The molecule has 0 aliphatic heterocycles. The lowest BCUT2D eigenvalue weighted by molar-refractivity contribution is 0.409. The minimum Gasteiger partial charge on any atom is -0.497 e. The van der Waals surface area contributed by atoms with Crippen LogP contribution in [0.4, 0.5) is 0 Å². The van der Waals surface area contributed by atoms with Gasteiger partial charge in [0.25, 0.3) is 0 Å². The molecule has 0 unspecified atom stereocenters. The smallest absolute Gasteiger partial charge is 0.159 e. The van der Waals surface area contributed by atoms with Crippen molar-refractivity contribution in [1.29, 1.82) is 0 Å². The molecule has 2 aromatic rings. The first kappa shape index (κ1) is 10.9. The number of aromatic nitrogens is 3. The highest BCUT2D eigenvalue weighted by molar-refractivity contribution is 5.43. The van der Waals surface area contributed by atoms with Crippen LogP contribution >= 0.6 is 0 Å². The Morgan fingerprint density at radius 2 is 2.25 bits per heavy atom. The number of ether oxygens (including phenoxy) is 1. The van der Waals surface area contributed by atoms with Gasteiger partial charge in [-0.3, -0.25) is 0 Å². The van der Waals surface area contributed by atoms with Gasteiger partial charge in [0.15, 0.2) is 11.5 Å². The summed E-state index contributed by atoms with van der Waals surface area (Å²) in [5.41, 5.74) is 0.827. The van der Waals surface area contributed by atoms with Gasteiger partial charge in [0.1, 0.15) is 5.75 Å². The van der Waals surface area contributed by atoms with Crippen molar-refractivity contribution in [2.24, 2.45) is 0 Å². The first-order valence-corrected chi connectivity index (χ1v) is 5.23. The van der Waals surface area contributed by atoms with Crippen LogP contribution in [0, 0.1) is 0 Å². The standard InChI is InChI=1S/C11H16N4O/c1-14(2)6-5-10-12-11-8-9(16-3)4-7-15(11)13-10/h4,7-8H,5-6H2,1-3H3. The van der Waals surface area contributed by atoms with Gasteiger partial charge in [-0.05, 0) is 20.2 Å². The van der Waals surface area contributed by atoms with Crippen molar-refractivity contribution in [2.75, 3.05) is 27.7 Å². The zero-order chi connectivity index (χ0) is 11.5. The van der Waals surface area contributed by atoms with E-state index in [1.54, 1.807) is 11.6 Å².